The Hall–Kier alpha value is -1.07. The van der Waals surface area contributed by atoms with E-state index in [9.17, 15) is 38.7 Å². The highest BCUT2D eigenvalue weighted by Gasteiger charge is 2.46. The molecule has 31 heavy (non-hydrogen) atoms. The number of nitrogen functional groups attached to an aromatic ring is 1. The number of anilines is 1. The van der Waals surface area contributed by atoms with Gasteiger partial charge in [0.2, 0.25) is 0 Å². The number of nitrogens with zero attached hydrogens (tertiary/aromatic N) is 2. The minimum absolute atomic E-state index is 0.0124. The van der Waals surface area contributed by atoms with Gasteiger partial charge in [-0.15, -0.1) is 0 Å². The summed E-state index contributed by atoms with van der Waals surface area (Å²) < 4.78 is 50.8. The Morgan fingerprint density at radius 2 is 1.71 bits per heavy atom. The average Bonchev–Trinajstić information content (AvgIpc) is 2.85. The third kappa shape index (κ3) is 6.95. The molecular formula is C10H18N3O15P3. The molecule has 0 radical (unpaired) electrons. The SMILES string of the molecule is Nc1nc(=O)n([C@@H]2O[C@H](COP(=O)(O)OP(=O)(O)OP(=O)(O)O)C(O)[C@@H]2O)cc1CO. The lowest BCUT2D eigenvalue weighted by atomic mass is 10.1. The Balaban J connectivity index is 2.11. The van der Waals surface area contributed by atoms with Crippen LogP contribution in [0.2, 0.25) is 0 Å². The first-order chi connectivity index (χ1) is 14.1. The van der Waals surface area contributed by atoms with Gasteiger partial charge in [0.25, 0.3) is 0 Å². The van der Waals surface area contributed by atoms with Crippen molar-refractivity contribution in [1.82, 2.24) is 9.55 Å². The van der Waals surface area contributed by atoms with Crippen molar-refractivity contribution in [3.05, 3.63) is 22.2 Å². The number of phosphoric acid groups is 3. The maximum absolute atomic E-state index is 12.0. The first-order valence-corrected chi connectivity index (χ1v) is 12.4. The van der Waals surface area contributed by atoms with Crippen LogP contribution < -0.4 is 11.4 Å². The molecule has 0 aromatic carbocycles. The number of ether oxygens (including phenoxy) is 1. The predicted molar refractivity (Wildman–Crippen MR) is 94.6 cm³/mol. The number of hydrogen-bond acceptors (Lipinski definition) is 13. The molecule has 178 valence electrons. The van der Waals surface area contributed by atoms with E-state index in [1.165, 1.54) is 0 Å². The van der Waals surface area contributed by atoms with Crippen molar-refractivity contribution >= 4 is 29.3 Å². The van der Waals surface area contributed by atoms with E-state index in [1.807, 2.05) is 0 Å². The zero-order valence-corrected chi connectivity index (χ0v) is 17.7. The number of aliphatic hydroxyl groups is 3. The second-order valence-electron chi connectivity index (χ2n) is 5.93. The highest BCUT2D eigenvalue weighted by molar-refractivity contribution is 7.66. The second-order valence-corrected chi connectivity index (χ2v) is 10.4. The van der Waals surface area contributed by atoms with Crippen LogP contribution in [0.25, 0.3) is 0 Å². The Bertz CT molecular complexity index is 1010. The summed E-state index contributed by atoms with van der Waals surface area (Å²) in [5.74, 6) is -0.291. The summed E-state index contributed by atoms with van der Waals surface area (Å²) in [7, 11) is -16.8. The first-order valence-electron chi connectivity index (χ1n) is 7.83. The van der Waals surface area contributed by atoms with Gasteiger partial charge in [-0.25, -0.2) is 18.5 Å². The summed E-state index contributed by atoms with van der Waals surface area (Å²) in [4.78, 5) is 50.8. The van der Waals surface area contributed by atoms with Gasteiger partial charge < -0.3 is 45.4 Å². The van der Waals surface area contributed by atoms with Gasteiger partial charge >= 0.3 is 29.2 Å². The number of hydrogen-bond donors (Lipinski definition) is 8. The zero-order valence-electron chi connectivity index (χ0n) is 15.0. The molecule has 1 aromatic heterocycles. The number of nitrogens with two attached hydrogens (primary N) is 1. The van der Waals surface area contributed by atoms with E-state index in [0.29, 0.717) is 4.57 Å². The predicted octanol–water partition coefficient (Wildman–Crippen LogP) is -2.72. The Kier molecular flexibility index (Phi) is 7.96. The number of rotatable bonds is 9. The summed E-state index contributed by atoms with van der Waals surface area (Å²) in [6.45, 7) is -1.69. The van der Waals surface area contributed by atoms with Gasteiger partial charge in [0.15, 0.2) is 6.23 Å². The second kappa shape index (κ2) is 9.43. The normalized spacial score (nSPS) is 28.2. The van der Waals surface area contributed by atoms with E-state index in [-0.39, 0.29) is 11.4 Å². The fraction of sp³-hybridized carbons (Fsp3) is 0.600. The maximum atomic E-state index is 12.0. The van der Waals surface area contributed by atoms with Crippen molar-refractivity contribution in [2.45, 2.75) is 31.1 Å². The van der Waals surface area contributed by atoms with Gasteiger partial charge in [0.05, 0.1) is 13.2 Å². The molecule has 1 aromatic rings. The van der Waals surface area contributed by atoms with Crippen LogP contribution in [0.15, 0.2) is 11.0 Å². The molecule has 0 amide bonds. The topological polar surface area (TPSA) is 291 Å². The van der Waals surface area contributed by atoms with Crippen molar-refractivity contribution in [1.29, 1.82) is 0 Å². The molecule has 9 N–H and O–H groups in total. The van der Waals surface area contributed by atoms with Crippen molar-refractivity contribution in [2.24, 2.45) is 0 Å². The van der Waals surface area contributed by atoms with Crippen molar-refractivity contribution in [3.63, 3.8) is 0 Å². The molecular weight excluding hydrogens is 495 g/mol. The quantitative estimate of drug-likeness (QED) is 0.156. The van der Waals surface area contributed by atoms with Crippen molar-refractivity contribution in [2.75, 3.05) is 12.3 Å². The van der Waals surface area contributed by atoms with Crippen LogP contribution >= 0.6 is 23.5 Å². The van der Waals surface area contributed by atoms with Crippen LogP contribution in [0.3, 0.4) is 0 Å². The lowest BCUT2D eigenvalue weighted by Gasteiger charge is -2.19. The summed E-state index contributed by atoms with van der Waals surface area (Å²) in [6, 6.07) is 0. The fourth-order valence-electron chi connectivity index (χ4n) is 2.39. The average molecular weight is 513 g/mol. The Morgan fingerprint density at radius 3 is 2.26 bits per heavy atom. The standard InChI is InChI=1S/C10H18N3O15P3/c11-8-4(2-14)1-13(10(17)12-8)9-7(16)6(15)5(26-9)3-25-30(21,22)28-31(23,24)27-29(18,19)20/h1,5-7,9,14-16H,2-3H2,(H,21,22)(H,23,24)(H2,11,12,17)(H2,18,19,20)/t5-,6?,7+,9-/m1/s1. The van der Waals surface area contributed by atoms with Crippen LogP contribution in [0.5, 0.6) is 0 Å². The van der Waals surface area contributed by atoms with E-state index < -0.39 is 66.9 Å². The van der Waals surface area contributed by atoms with E-state index in [1.54, 1.807) is 0 Å². The van der Waals surface area contributed by atoms with E-state index >= 15 is 0 Å². The molecule has 0 bridgehead atoms. The summed E-state index contributed by atoms with van der Waals surface area (Å²) >= 11 is 0. The third-order valence-corrected chi connectivity index (χ3v) is 7.46. The third-order valence-electron chi connectivity index (χ3n) is 3.66. The van der Waals surface area contributed by atoms with Gasteiger partial charge in [-0.2, -0.15) is 13.6 Å². The van der Waals surface area contributed by atoms with E-state index in [0.717, 1.165) is 6.20 Å². The molecule has 0 spiro atoms. The van der Waals surface area contributed by atoms with Crippen molar-refractivity contribution < 1.29 is 66.5 Å². The zero-order chi connectivity index (χ0) is 23.8. The van der Waals surface area contributed by atoms with Gasteiger partial charge in [0, 0.05) is 11.8 Å². The van der Waals surface area contributed by atoms with E-state index in [2.05, 4.69) is 18.1 Å². The van der Waals surface area contributed by atoms with Gasteiger partial charge in [0.1, 0.15) is 24.1 Å². The van der Waals surface area contributed by atoms with Crippen LogP contribution in [-0.2, 0) is 38.2 Å². The van der Waals surface area contributed by atoms with Crippen LogP contribution in [0, 0.1) is 0 Å². The molecule has 0 saturated carbocycles. The molecule has 21 heteroatoms. The first kappa shape index (κ1) is 26.2. The summed E-state index contributed by atoms with van der Waals surface area (Å²) in [5.41, 5.74) is 4.40. The highest BCUT2D eigenvalue weighted by Crippen LogP contribution is 2.66. The lowest BCUT2D eigenvalue weighted by Crippen LogP contribution is -2.36. The van der Waals surface area contributed by atoms with Crippen LogP contribution in [0.4, 0.5) is 5.82 Å². The molecule has 1 saturated heterocycles. The lowest BCUT2D eigenvalue weighted by molar-refractivity contribution is -0.0543. The molecule has 0 aliphatic carbocycles. The number of aromatic nitrogens is 2. The van der Waals surface area contributed by atoms with Crippen LogP contribution in [0.1, 0.15) is 11.8 Å². The molecule has 1 aliphatic rings. The molecule has 1 aliphatic heterocycles. The van der Waals surface area contributed by atoms with Crippen molar-refractivity contribution in [3.8, 4) is 0 Å². The highest BCUT2D eigenvalue weighted by atomic mass is 31.3. The molecule has 2 rings (SSSR count). The number of aliphatic hydroxyl groups excluding tert-OH is 3. The minimum Gasteiger partial charge on any atom is -0.391 e. The van der Waals surface area contributed by atoms with Gasteiger partial charge in [-0.1, -0.05) is 0 Å². The largest absolute Gasteiger partial charge is 0.490 e. The van der Waals surface area contributed by atoms with Gasteiger partial charge in [-0.3, -0.25) is 9.09 Å². The van der Waals surface area contributed by atoms with E-state index in [4.69, 9.17) is 25.2 Å². The summed E-state index contributed by atoms with van der Waals surface area (Å²) in [6.07, 6.45) is -5.83. The monoisotopic (exact) mass is 513 g/mol. The molecule has 6 atom stereocenters. The summed E-state index contributed by atoms with van der Waals surface area (Å²) in [5, 5.41) is 29.4. The van der Waals surface area contributed by atoms with Gasteiger partial charge in [-0.05, 0) is 0 Å². The Morgan fingerprint density at radius 1 is 1.10 bits per heavy atom. The molecule has 3 unspecified atom stereocenters. The number of phosphoric ester groups is 1. The Labute approximate surface area is 171 Å². The molecule has 2 heterocycles. The van der Waals surface area contributed by atoms with Crippen LogP contribution in [-0.4, -0.2) is 69.4 Å². The fourth-order valence-corrected chi connectivity index (χ4v) is 5.42. The maximum Gasteiger partial charge on any atom is 0.490 e. The molecule has 1 fully saturated rings. The minimum atomic E-state index is -5.75. The smallest absolute Gasteiger partial charge is 0.391 e. The molecule has 18 nitrogen and oxygen atoms in total.